The normalized spacial score (nSPS) is 12.1. The molecule has 1 aromatic carbocycles. The molecule has 0 heterocycles. The zero-order valence-electron chi connectivity index (χ0n) is 9.15. The van der Waals surface area contributed by atoms with E-state index < -0.39 is 5.97 Å². The molecule has 0 spiro atoms. The van der Waals surface area contributed by atoms with Gasteiger partial charge >= 0.3 is 5.97 Å². The molecule has 0 saturated heterocycles. The predicted octanol–water partition coefficient (Wildman–Crippen LogP) is 3.22. The quantitative estimate of drug-likeness (QED) is 0.833. The maximum Gasteiger partial charge on any atom is 0.306 e. The lowest BCUT2D eigenvalue weighted by Gasteiger charge is -2.11. The fraction of sp³-hybridized carbons (Fsp3) is 0.417. The molecule has 0 saturated carbocycles. The Balaban J connectivity index is 2.41. The van der Waals surface area contributed by atoms with E-state index in [1.54, 1.807) is 12.1 Å². The van der Waals surface area contributed by atoms with E-state index in [0.29, 0.717) is 30.2 Å². The summed E-state index contributed by atoms with van der Waals surface area (Å²) in [6.07, 6.45) is 1.11. The van der Waals surface area contributed by atoms with Gasteiger partial charge in [-0.05, 0) is 25.0 Å². The van der Waals surface area contributed by atoms with Crippen LogP contribution < -0.4 is 4.74 Å². The molecule has 0 aliphatic rings. The van der Waals surface area contributed by atoms with Gasteiger partial charge in [-0.2, -0.15) is 0 Å². The van der Waals surface area contributed by atoms with Crippen LogP contribution in [0.3, 0.4) is 0 Å². The summed E-state index contributed by atoms with van der Waals surface area (Å²) in [5, 5.41) is 9.39. The lowest BCUT2D eigenvalue weighted by atomic mass is 10.0. The topological polar surface area (TPSA) is 46.5 Å². The number of aliphatic carboxylic acids is 1. The second-order valence-corrected chi connectivity index (χ2v) is 3.92. The second kappa shape index (κ2) is 6.38. The Morgan fingerprint density at radius 2 is 2.19 bits per heavy atom. The minimum atomic E-state index is -0.773. The van der Waals surface area contributed by atoms with Crippen molar-refractivity contribution >= 4 is 17.6 Å². The number of rotatable bonds is 6. The summed E-state index contributed by atoms with van der Waals surface area (Å²) in [4.78, 5) is 10.8. The molecule has 0 amide bonds. The molecule has 1 rings (SSSR count). The Hall–Kier alpha value is -1.22. The highest BCUT2D eigenvalue weighted by molar-refractivity contribution is 6.32. The lowest BCUT2D eigenvalue weighted by Crippen LogP contribution is -2.15. The van der Waals surface area contributed by atoms with Gasteiger partial charge in [0, 0.05) is 0 Å². The van der Waals surface area contributed by atoms with Crippen LogP contribution in [0, 0.1) is 5.92 Å². The number of halogens is 1. The Morgan fingerprint density at radius 1 is 1.50 bits per heavy atom. The van der Waals surface area contributed by atoms with E-state index in [1.165, 1.54) is 0 Å². The van der Waals surface area contributed by atoms with Crippen LogP contribution in [0.25, 0.3) is 0 Å². The molecule has 88 valence electrons. The van der Waals surface area contributed by atoms with Gasteiger partial charge in [0.1, 0.15) is 5.75 Å². The average Bonchev–Trinajstić information content (AvgIpc) is 2.26. The number of para-hydroxylation sites is 1. The Labute approximate surface area is 100.0 Å². The van der Waals surface area contributed by atoms with Crippen LogP contribution in [-0.2, 0) is 4.79 Å². The number of hydrogen-bond donors (Lipinski definition) is 1. The van der Waals surface area contributed by atoms with Crippen molar-refractivity contribution in [3.05, 3.63) is 29.3 Å². The number of benzene rings is 1. The maximum atomic E-state index is 10.8. The van der Waals surface area contributed by atoms with Crippen LogP contribution in [0.1, 0.15) is 19.8 Å². The van der Waals surface area contributed by atoms with Crippen LogP contribution in [0.5, 0.6) is 5.75 Å². The molecule has 0 aliphatic carbocycles. The molecule has 1 unspecified atom stereocenters. The second-order valence-electron chi connectivity index (χ2n) is 3.51. The van der Waals surface area contributed by atoms with Crippen molar-refractivity contribution < 1.29 is 14.6 Å². The lowest BCUT2D eigenvalue weighted by molar-refractivity contribution is -0.142. The molecule has 16 heavy (non-hydrogen) atoms. The van der Waals surface area contributed by atoms with Crippen molar-refractivity contribution in [2.45, 2.75) is 19.8 Å². The minimum Gasteiger partial charge on any atom is -0.492 e. The van der Waals surface area contributed by atoms with Crippen LogP contribution in [0.2, 0.25) is 5.02 Å². The van der Waals surface area contributed by atoms with Gasteiger partial charge in [0.15, 0.2) is 0 Å². The molecule has 0 aliphatic heterocycles. The molecule has 1 atom stereocenters. The van der Waals surface area contributed by atoms with E-state index in [-0.39, 0.29) is 5.92 Å². The summed E-state index contributed by atoms with van der Waals surface area (Å²) in [6.45, 7) is 2.23. The summed E-state index contributed by atoms with van der Waals surface area (Å²) in [6, 6.07) is 7.16. The highest BCUT2D eigenvalue weighted by Gasteiger charge is 2.14. The van der Waals surface area contributed by atoms with Crippen molar-refractivity contribution in [3.63, 3.8) is 0 Å². The molecular formula is C12H15ClO3. The van der Waals surface area contributed by atoms with Gasteiger partial charge in [0.2, 0.25) is 0 Å². The van der Waals surface area contributed by atoms with E-state index >= 15 is 0 Å². The smallest absolute Gasteiger partial charge is 0.306 e. The van der Waals surface area contributed by atoms with Gasteiger partial charge < -0.3 is 9.84 Å². The molecule has 0 aromatic heterocycles. The first kappa shape index (κ1) is 12.8. The van der Waals surface area contributed by atoms with E-state index in [9.17, 15) is 4.79 Å². The predicted molar refractivity (Wildman–Crippen MR) is 63.0 cm³/mol. The first-order valence-corrected chi connectivity index (χ1v) is 5.63. The van der Waals surface area contributed by atoms with E-state index in [4.69, 9.17) is 21.4 Å². The molecule has 1 N–H and O–H groups in total. The number of hydrogen-bond acceptors (Lipinski definition) is 2. The zero-order chi connectivity index (χ0) is 12.0. The van der Waals surface area contributed by atoms with Gasteiger partial charge in [-0.3, -0.25) is 4.79 Å². The van der Waals surface area contributed by atoms with E-state index in [2.05, 4.69) is 0 Å². The van der Waals surface area contributed by atoms with E-state index in [0.717, 1.165) is 0 Å². The standard InChI is InChI=1S/C12H15ClO3/c1-2-9(12(14)15)7-8-16-11-6-4-3-5-10(11)13/h3-6,9H,2,7-8H2,1H3,(H,14,15). The summed E-state index contributed by atoms with van der Waals surface area (Å²) in [5.41, 5.74) is 0. The molecule has 1 aromatic rings. The summed E-state index contributed by atoms with van der Waals surface area (Å²) in [7, 11) is 0. The van der Waals surface area contributed by atoms with Crippen LogP contribution in [0.15, 0.2) is 24.3 Å². The molecule has 0 bridgehead atoms. The van der Waals surface area contributed by atoms with Crippen LogP contribution >= 0.6 is 11.6 Å². The third-order valence-electron chi connectivity index (χ3n) is 2.40. The molecule has 0 radical (unpaired) electrons. The van der Waals surface area contributed by atoms with Gasteiger partial charge in [0.25, 0.3) is 0 Å². The zero-order valence-corrected chi connectivity index (χ0v) is 9.91. The SMILES string of the molecule is CCC(CCOc1ccccc1Cl)C(=O)O. The number of carbonyl (C=O) groups is 1. The number of carboxylic acids is 1. The first-order valence-electron chi connectivity index (χ1n) is 5.25. The highest BCUT2D eigenvalue weighted by atomic mass is 35.5. The maximum absolute atomic E-state index is 10.8. The summed E-state index contributed by atoms with van der Waals surface area (Å²) in [5.74, 6) is -0.517. The van der Waals surface area contributed by atoms with Crippen LogP contribution in [0.4, 0.5) is 0 Å². The van der Waals surface area contributed by atoms with Crippen molar-refractivity contribution in [1.82, 2.24) is 0 Å². The van der Waals surface area contributed by atoms with Gasteiger partial charge in [-0.25, -0.2) is 0 Å². The first-order chi connectivity index (χ1) is 7.65. The summed E-state index contributed by atoms with van der Waals surface area (Å²) >= 11 is 5.89. The Kier molecular flexibility index (Phi) is 5.12. The third-order valence-corrected chi connectivity index (χ3v) is 2.71. The van der Waals surface area contributed by atoms with Gasteiger partial charge in [-0.15, -0.1) is 0 Å². The fourth-order valence-corrected chi connectivity index (χ4v) is 1.57. The number of ether oxygens (including phenoxy) is 1. The van der Waals surface area contributed by atoms with Crippen molar-refractivity contribution in [2.24, 2.45) is 5.92 Å². The van der Waals surface area contributed by atoms with Gasteiger partial charge in [0.05, 0.1) is 17.5 Å². The molecule has 0 fully saturated rings. The summed E-state index contributed by atoms with van der Waals surface area (Å²) < 4.78 is 5.42. The molecule has 3 nitrogen and oxygen atoms in total. The van der Waals surface area contributed by atoms with E-state index in [1.807, 2.05) is 19.1 Å². The van der Waals surface area contributed by atoms with Crippen molar-refractivity contribution in [3.8, 4) is 5.75 Å². The third kappa shape index (κ3) is 3.74. The highest BCUT2D eigenvalue weighted by Crippen LogP contribution is 2.23. The monoisotopic (exact) mass is 242 g/mol. The molecular weight excluding hydrogens is 228 g/mol. The molecule has 4 heteroatoms. The minimum absolute atomic E-state index is 0.345. The Bertz CT molecular complexity index is 352. The van der Waals surface area contributed by atoms with Crippen LogP contribution in [-0.4, -0.2) is 17.7 Å². The largest absolute Gasteiger partial charge is 0.492 e. The van der Waals surface area contributed by atoms with Gasteiger partial charge in [-0.1, -0.05) is 30.7 Å². The average molecular weight is 243 g/mol. The Morgan fingerprint density at radius 3 is 2.75 bits per heavy atom. The number of carboxylic acid groups (broad SMARTS) is 1. The van der Waals surface area contributed by atoms with Crippen molar-refractivity contribution in [2.75, 3.05) is 6.61 Å². The van der Waals surface area contributed by atoms with Crippen molar-refractivity contribution in [1.29, 1.82) is 0 Å². The fourth-order valence-electron chi connectivity index (χ4n) is 1.38.